The number of fused-ring (bicyclic) bond motifs is 6. The first-order chi connectivity index (χ1) is 26.3. The molecule has 3 aromatic rings. The van der Waals surface area contributed by atoms with Crippen LogP contribution in [0.25, 0.3) is 10.9 Å². The van der Waals surface area contributed by atoms with Gasteiger partial charge in [0.25, 0.3) is 5.91 Å². The normalized spacial score (nSPS) is 39.0. The van der Waals surface area contributed by atoms with Crippen LogP contribution in [-0.4, -0.2) is 125 Å². The van der Waals surface area contributed by atoms with Gasteiger partial charge in [-0.2, -0.15) is 0 Å². The van der Waals surface area contributed by atoms with Gasteiger partial charge in [0.15, 0.2) is 5.60 Å². The van der Waals surface area contributed by atoms with Gasteiger partial charge in [0.2, 0.25) is 0 Å². The van der Waals surface area contributed by atoms with Crippen molar-refractivity contribution in [3.8, 4) is 5.75 Å². The lowest BCUT2D eigenvalue weighted by Gasteiger charge is -2.63. The van der Waals surface area contributed by atoms with Crippen LogP contribution >= 0.6 is 0 Å². The maximum atomic E-state index is 15.2. The third-order valence-corrected chi connectivity index (χ3v) is 15.2. The number of anilines is 1. The zero-order valence-corrected chi connectivity index (χ0v) is 32.6. The number of methoxy groups -OCH3 is 2. The third kappa shape index (κ3) is 4.51. The average Bonchev–Trinajstić information content (AvgIpc) is 3.84. The number of nitrogens with one attached hydrogen (secondary N) is 1. The summed E-state index contributed by atoms with van der Waals surface area (Å²) in [5.74, 6) is -1.00. The molecule has 10 atom stereocenters. The number of aromatic nitrogens is 1. The summed E-state index contributed by atoms with van der Waals surface area (Å²) in [6.07, 6.45) is 5.78. The molecule has 1 spiro atoms. The number of carbonyl (C=O) groups excluding carboxylic acids is 2. The van der Waals surface area contributed by atoms with Crippen molar-refractivity contribution in [2.75, 3.05) is 58.9 Å². The molecule has 6 heterocycles. The minimum absolute atomic E-state index is 0.0790. The fraction of sp³-hybridized carbons (Fsp3) is 0.581. The van der Waals surface area contributed by atoms with Crippen molar-refractivity contribution in [3.05, 3.63) is 70.9 Å². The van der Waals surface area contributed by atoms with Crippen LogP contribution < -0.4 is 15.4 Å². The summed E-state index contributed by atoms with van der Waals surface area (Å²) >= 11 is 0. The monoisotopic (exact) mass is 753 g/mol. The maximum Gasteiger partial charge on any atom is 0.322 e. The van der Waals surface area contributed by atoms with Crippen molar-refractivity contribution in [3.63, 3.8) is 0 Å². The molecule has 6 aliphatic rings. The SMILES string of the molecule is CC[C@]1(O)C[C@@H]2CN(CCc3c([nH]c4ccccc34)C(C(=O)OC)(c3cc4c(cc3OC)N(C)[C@H]3C(O)(C(N)=O)[C@H](O)[C@]5(CC)C=CCN6CC[C@]43[C@@H]65)C2)C1. The number of nitrogens with two attached hydrogens (primary N) is 1. The lowest BCUT2D eigenvalue weighted by molar-refractivity contribution is -0.201. The molecule has 2 saturated heterocycles. The van der Waals surface area contributed by atoms with E-state index >= 15 is 4.79 Å². The highest BCUT2D eigenvalue weighted by molar-refractivity contribution is 5.95. The third-order valence-electron chi connectivity index (χ3n) is 15.2. The van der Waals surface area contributed by atoms with Gasteiger partial charge >= 0.3 is 5.97 Å². The van der Waals surface area contributed by atoms with Crippen molar-refractivity contribution in [2.24, 2.45) is 17.1 Å². The van der Waals surface area contributed by atoms with Gasteiger partial charge in [0, 0.05) is 84.0 Å². The predicted molar refractivity (Wildman–Crippen MR) is 208 cm³/mol. The number of carbonyl (C=O) groups is 2. The number of rotatable bonds is 6. The number of nitrogens with zero attached hydrogens (tertiary/aromatic N) is 3. The Labute approximate surface area is 322 Å². The van der Waals surface area contributed by atoms with E-state index in [-0.39, 0.29) is 12.0 Å². The minimum atomic E-state index is -2.30. The molecule has 0 radical (unpaired) electrons. The van der Waals surface area contributed by atoms with Crippen molar-refractivity contribution < 1.29 is 34.4 Å². The summed E-state index contributed by atoms with van der Waals surface area (Å²) in [4.78, 5) is 39.3. The van der Waals surface area contributed by atoms with Crippen LogP contribution in [0.1, 0.15) is 68.3 Å². The average molecular weight is 754 g/mol. The van der Waals surface area contributed by atoms with E-state index in [2.05, 4.69) is 26.9 Å². The predicted octanol–water partition coefficient (Wildman–Crippen LogP) is 2.73. The Kier molecular flexibility index (Phi) is 8.19. The van der Waals surface area contributed by atoms with Gasteiger partial charge in [0.05, 0.1) is 25.9 Å². The molecule has 55 heavy (non-hydrogen) atoms. The number of esters is 1. The second-order valence-electron chi connectivity index (χ2n) is 17.5. The molecular formula is C43H55N5O7. The van der Waals surface area contributed by atoms with E-state index in [1.54, 1.807) is 7.11 Å². The number of hydrogen-bond acceptors (Lipinski definition) is 10. The summed E-state index contributed by atoms with van der Waals surface area (Å²) in [6, 6.07) is 11.0. The van der Waals surface area contributed by atoms with Gasteiger partial charge in [-0.3, -0.25) is 19.4 Å². The van der Waals surface area contributed by atoms with E-state index in [0.717, 1.165) is 46.5 Å². The highest BCUT2D eigenvalue weighted by atomic mass is 16.5. The first kappa shape index (κ1) is 36.7. The number of amides is 1. The van der Waals surface area contributed by atoms with Crippen molar-refractivity contribution in [2.45, 2.75) is 92.6 Å². The van der Waals surface area contributed by atoms with E-state index in [4.69, 9.17) is 15.2 Å². The molecule has 6 N–H and O–H groups in total. The molecule has 1 aliphatic carbocycles. The molecule has 5 aliphatic heterocycles. The van der Waals surface area contributed by atoms with Gasteiger partial charge in [0.1, 0.15) is 17.3 Å². The minimum Gasteiger partial charge on any atom is -0.496 e. The molecule has 3 unspecified atom stereocenters. The van der Waals surface area contributed by atoms with E-state index in [0.29, 0.717) is 69.5 Å². The summed E-state index contributed by atoms with van der Waals surface area (Å²) in [5, 5.41) is 38.0. The number of piperidine rings is 1. The Balaban J connectivity index is 1.36. The summed E-state index contributed by atoms with van der Waals surface area (Å²) in [5.41, 5.74) is 4.72. The van der Waals surface area contributed by atoms with Crippen LogP contribution in [0, 0.1) is 11.3 Å². The number of likely N-dealkylation sites (N-methyl/N-ethyl adjacent to an activating group) is 1. The summed E-state index contributed by atoms with van der Waals surface area (Å²) in [7, 11) is 4.89. The van der Waals surface area contributed by atoms with Crippen LogP contribution in [0.3, 0.4) is 0 Å². The Morgan fingerprint density at radius 3 is 2.53 bits per heavy atom. The molecule has 1 aromatic heterocycles. The van der Waals surface area contributed by atoms with Crippen molar-refractivity contribution >= 4 is 28.5 Å². The molecule has 12 heteroatoms. The van der Waals surface area contributed by atoms with Crippen LogP contribution in [0.2, 0.25) is 0 Å². The quantitative estimate of drug-likeness (QED) is 0.187. The molecule has 294 valence electrons. The van der Waals surface area contributed by atoms with Gasteiger partial charge in [-0.25, -0.2) is 0 Å². The molecule has 2 aromatic carbocycles. The molecule has 1 saturated carbocycles. The molecular weight excluding hydrogens is 699 g/mol. The number of para-hydroxylation sites is 1. The highest BCUT2D eigenvalue weighted by Gasteiger charge is 2.78. The fourth-order valence-electron chi connectivity index (χ4n) is 13.1. The Morgan fingerprint density at radius 2 is 1.82 bits per heavy atom. The Morgan fingerprint density at radius 1 is 1.04 bits per heavy atom. The smallest absolute Gasteiger partial charge is 0.322 e. The first-order valence-corrected chi connectivity index (χ1v) is 20.0. The molecule has 9 rings (SSSR count). The van der Waals surface area contributed by atoms with Gasteiger partial charge < -0.3 is 40.4 Å². The number of benzene rings is 2. The van der Waals surface area contributed by atoms with Gasteiger partial charge in [-0.15, -0.1) is 0 Å². The number of hydrogen-bond donors (Lipinski definition) is 5. The van der Waals surface area contributed by atoms with Crippen LogP contribution in [0.15, 0.2) is 48.6 Å². The van der Waals surface area contributed by atoms with Crippen LogP contribution in [0.4, 0.5) is 5.69 Å². The maximum absolute atomic E-state index is 15.2. The standard InChI is InChI=1S/C43H55N5O7/c1-6-39(52)21-25-22-42(38(51)55-5,33-27(13-17-47(23-25)24-39)26-11-8-9-12-30(26)45-33)29-19-28-31(20-32(29)54-4)46(3)35-41(28)15-18-48-16-10-14-40(7-2,34(41)48)36(49)43(35,53)37(44)50/h8-12,14,19-20,25,34-36,45,49,52-53H,6-7,13,15-18,21-24H2,1-5H3,(H2,44,50)/t25-,34-,35+,36+,39-,40+,41+,42?,43?/m0/s1. The fourth-order valence-corrected chi connectivity index (χ4v) is 13.1. The summed E-state index contributed by atoms with van der Waals surface area (Å²) < 4.78 is 12.2. The number of primary amides is 1. The lowest BCUT2D eigenvalue weighted by atomic mass is 9.47. The van der Waals surface area contributed by atoms with Crippen molar-refractivity contribution in [1.82, 2.24) is 14.8 Å². The van der Waals surface area contributed by atoms with Gasteiger partial charge in [-0.1, -0.05) is 44.2 Å². The topological polar surface area (TPSA) is 165 Å². The Bertz CT molecular complexity index is 2120. The highest BCUT2D eigenvalue weighted by Crippen LogP contribution is 2.67. The molecule has 12 nitrogen and oxygen atoms in total. The first-order valence-electron chi connectivity index (χ1n) is 20.0. The molecule has 1 amide bonds. The molecule has 3 fully saturated rings. The van der Waals surface area contributed by atoms with Crippen LogP contribution in [-0.2, 0) is 31.6 Å². The Hall–Kier alpha value is -3.94. The van der Waals surface area contributed by atoms with Gasteiger partial charge in [-0.05, 0) is 74.2 Å². The van der Waals surface area contributed by atoms with Crippen LogP contribution in [0.5, 0.6) is 5.75 Å². The van der Waals surface area contributed by atoms with E-state index in [9.17, 15) is 20.1 Å². The number of ether oxygens (including phenoxy) is 2. The second kappa shape index (κ2) is 12.3. The second-order valence-corrected chi connectivity index (χ2v) is 17.5. The summed E-state index contributed by atoms with van der Waals surface area (Å²) in [6.45, 7) is 7.39. The van der Waals surface area contributed by atoms with Crippen molar-refractivity contribution in [1.29, 1.82) is 0 Å². The molecule has 2 bridgehead atoms. The number of aliphatic hydroxyl groups excluding tert-OH is 1. The number of H-pyrrole nitrogens is 1. The number of aromatic amines is 1. The lowest BCUT2D eigenvalue weighted by Crippen LogP contribution is -2.81. The number of aliphatic hydroxyl groups is 3. The zero-order chi connectivity index (χ0) is 38.9. The van der Waals surface area contributed by atoms with E-state index in [1.807, 2.05) is 62.2 Å². The van der Waals surface area contributed by atoms with E-state index in [1.165, 1.54) is 7.11 Å². The van der Waals surface area contributed by atoms with E-state index < -0.39 is 51.5 Å². The largest absolute Gasteiger partial charge is 0.496 e. The zero-order valence-electron chi connectivity index (χ0n) is 32.6.